The second-order valence-electron chi connectivity index (χ2n) is 2.38. The van der Waals surface area contributed by atoms with Crippen LogP contribution in [-0.2, 0) is 4.79 Å². The van der Waals surface area contributed by atoms with Gasteiger partial charge in [0.2, 0.25) is 0 Å². The van der Waals surface area contributed by atoms with Gasteiger partial charge in [-0.1, -0.05) is 23.7 Å². The molecule has 0 unspecified atom stereocenters. The fourth-order valence-corrected chi connectivity index (χ4v) is 0.959. The summed E-state index contributed by atoms with van der Waals surface area (Å²) in [6.07, 6.45) is 0. The molecule has 0 heterocycles. The van der Waals surface area contributed by atoms with Gasteiger partial charge in [-0.2, -0.15) is 0 Å². The van der Waals surface area contributed by atoms with Gasteiger partial charge in [-0.05, 0) is 24.0 Å². The van der Waals surface area contributed by atoms with E-state index >= 15 is 0 Å². The van der Waals surface area contributed by atoms with Crippen molar-refractivity contribution in [2.24, 2.45) is 0 Å². The molecule has 0 aliphatic heterocycles. The molecule has 0 amide bonds. The van der Waals surface area contributed by atoms with E-state index in [-0.39, 0.29) is 0 Å². The summed E-state index contributed by atoms with van der Waals surface area (Å²) in [6, 6.07) is 4.92. The van der Waals surface area contributed by atoms with Crippen molar-refractivity contribution in [1.29, 1.82) is 0 Å². The number of benzene rings is 1. The van der Waals surface area contributed by atoms with Crippen LogP contribution in [0.1, 0.15) is 5.56 Å². The van der Waals surface area contributed by atoms with Crippen molar-refractivity contribution in [1.82, 2.24) is 0 Å². The van der Waals surface area contributed by atoms with Crippen molar-refractivity contribution in [3.8, 4) is 0 Å². The zero-order chi connectivity index (χ0) is 10.4. The molecule has 0 atom stereocenters. The minimum atomic E-state index is -1.44. The molecule has 0 fully saturated rings. The number of halogens is 1. The van der Waals surface area contributed by atoms with E-state index in [9.17, 15) is 0 Å². The van der Waals surface area contributed by atoms with Crippen molar-refractivity contribution in [3.63, 3.8) is 0 Å². The highest BCUT2D eigenvalue weighted by Crippen LogP contribution is 2.11. The normalized spacial score (nSPS) is 8.62. The number of aryl methyl sites for hydroxylation is 1. The minimum Gasteiger partial charge on any atom is -0.423 e. The van der Waals surface area contributed by atoms with Gasteiger partial charge >= 0.3 is 7.12 Å². The predicted molar refractivity (Wildman–Crippen MR) is 53.1 cm³/mol. The Morgan fingerprint density at radius 1 is 1.38 bits per heavy atom. The molecule has 0 saturated heterocycles. The summed E-state index contributed by atoms with van der Waals surface area (Å²) in [5.74, 6) is 0. The van der Waals surface area contributed by atoms with Gasteiger partial charge in [0.1, 0.15) is 6.79 Å². The average molecular weight is 200 g/mol. The fourth-order valence-electron chi connectivity index (χ4n) is 0.770. The lowest BCUT2D eigenvalue weighted by Crippen LogP contribution is -2.29. The third-order valence-electron chi connectivity index (χ3n) is 1.49. The van der Waals surface area contributed by atoms with Crippen LogP contribution in [0.2, 0.25) is 5.02 Å². The minimum absolute atomic E-state index is 0.417. The van der Waals surface area contributed by atoms with Gasteiger partial charge in [0, 0.05) is 5.02 Å². The zero-order valence-corrected chi connectivity index (χ0v) is 7.95. The van der Waals surface area contributed by atoms with E-state index < -0.39 is 7.12 Å². The molecule has 5 heteroatoms. The van der Waals surface area contributed by atoms with Crippen LogP contribution in [0.25, 0.3) is 0 Å². The second kappa shape index (κ2) is 5.75. The molecule has 1 aromatic carbocycles. The monoisotopic (exact) mass is 200 g/mol. The maximum Gasteiger partial charge on any atom is 0.488 e. The van der Waals surface area contributed by atoms with Gasteiger partial charge in [-0.25, -0.2) is 0 Å². The maximum atomic E-state index is 8.74. The molecule has 13 heavy (non-hydrogen) atoms. The first-order valence-corrected chi connectivity index (χ1v) is 3.90. The van der Waals surface area contributed by atoms with E-state index in [0.717, 1.165) is 5.56 Å². The first-order valence-electron chi connectivity index (χ1n) is 3.52. The summed E-state index contributed by atoms with van der Waals surface area (Å²) in [5, 5.41) is 18.0. The Hall–Kier alpha value is -0.835. The Bertz CT molecular complexity index is 278. The van der Waals surface area contributed by atoms with Crippen molar-refractivity contribution < 1.29 is 14.8 Å². The number of carbonyl (C=O) groups excluding carboxylic acids is 1. The van der Waals surface area contributed by atoms with E-state index in [2.05, 4.69) is 0 Å². The molecular formula is C8H10BClO3. The van der Waals surface area contributed by atoms with Crippen LogP contribution >= 0.6 is 11.6 Å². The van der Waals surface area contributed by atoms with E-state index in [0.29, 0.717) is 10.5 Å². The Morgan fingerprint density at radius 3 is 2.31 bits per heavy atom. The summed E-state index contributed by atoms with van der Waals surface area (Å²) in [5.41, 5.74) is 1.34. The Labute approximate surface area is 82.1 Å². The van der Waals surface area contributed by atoms with Crippen LogP contribution in [0.4, 0.5) is 0 Å². The molecule has 1 aromatic rings. The molecule has 1 rings (SSSR count). The van der Waals surface area contributed by atoms with Crippen LogP contribution in [0, 0.1) is 6.92 Å². The second-order valence-corrected chi connectivity index (χ2v) is 2.79. The van der Waals surface area contributed by atoms with Crippen molar-refractivity contribution in [3.05, 3.63) is 28.8 Å². The summed E-state index contributed by atoms with van der Waals surface area (Å²) in [7, 11) is -1.44. The van der Waals surface area contributed by atoms with Gasteiger partial charge in [0.05, 0.1) is 0 Å². The molecule has 0 bridgehead atoms. The molecule has 0 saturated carbocycles. The highest BCUT2D eigenvalue weighted by molar-refractivity contribution is 6.59. The lowest BCUT2D eigenvalue weighted by Gasteiger charge is -2.01. The largest absolute Gasteiger partial charge is 0.488 e. The average Bonchev–Trinajstić information content (AvgIpc) is 2.13. The van der Waals surface area contributed by atoms with Crippen molar-refractivity contribution in [2.45, 2.75) is 6.92 Å². The number of carbonyl (C=O) groups is 1. The molecule has 0 aliphatic carbocycles. The van der Waals surface area contributed by atoms with Crippen molar-refractivity contribution in [2.75, 3.05) is 0 Å². The third kappa shape index (κ3) is 3.59. The van der Waals surface area contributed by atoms with E-state index in [1.54, 1.807) is 18.2 Å². The first-order chi connectivity index (χ1) is 6.11. The fraction of sp³-hybridized carbons (Fsp3) is 0.125. The van der Waals surface area contributed by atoms with Crippen LogP contribution in [0.3, 0.4) is 0 Å². The Balaban J connectivity index is 0.000000671. The molecule has 0 aliphatic rings. The molecular weight excluding hydrogens is 190 g/mol. The van der Waals surface area contributed by atoms with Crippen LogP contribution in [0.5, 0.6) is 0 Å². The molecule has 0 radical (unpaired) electrons. The molecule has 3 nitrogen and oxygen atoms in total. The van der Waals surface area contributed by atoms with E-state index in [1.165, 1.54) is 0 Å². The first kappa shape index (κ1) is 12.2. The number of rotatable bonds is 1. The number of hydrogen-bond donors (Lipinski definition) is 2. The van der Waals surface area contributed by atoms with Gasteiger partial charge in [0.15, 0.2) is 0 Å². The topological polar surface area (TPSA) is 57.5 Å². The van der Waals surface area contributed by atoms with Gasteiger partial charge in [0.25, 0.3) is 0 Å². The van der Waals surface area contributed by atoms with Gasteiger partial charge < -0.3 is 14.8 Å². The molecule has 70 valence electrons. The summed E-state index contributed by atoms with van der Waals surface area (Å²) in [4.78, 5) is 8.00. The predicted octanol–water partition coefficient (Wildman–Crippen LogP) is 0.143. The summed E-state index contributed by atoms with van der Waals surface area (Å²) >= 11 is 5.74. The van der Waals surface area contributed by atoms with Crippen LogP contribution < -0.4 is 5.46 Å². The summed E-state index contributed by atoms with van der Waals surface area (Å²) < 4.78 is 0. The summed E-state index contributed by atoms with van der Waals surface area (Å²) in [6.45, 7) is 3.86. The van der Waals surface area contributed by atoms with E-state index in [4.69, 9.17) is 26.4 Å². The lowest BCUT2D eigenvalue weighted by molar-refractivity contribution is -0.0979. The SMILES string of the molecule is C=O.Cc1ccc(B(O)O)cc1Cl. The molecule has 2 N–H and O–H groups in total. The number of hydrogen-bond acceptors (Lipinski definition) is 3. The van der Waals surface area contributed by atoms with Gasteiger partial charge in [-0.3, -0.25) is 0 Å². The highest BCUT2D eigenvalue weighted by atomic mass is 35.5. The smallest absolute Gasteiger partial charge is 0.423 e. The Kier molecular flexibility index (Phi) is 5.38. The van der Waals surface area contributed by atoms with Crippen molar-refractivity contribution >= 4 is 31.0 Å². The van der Waals surface area contributed by atoms with E-state index in [1.807, 2.05) is 13.7 Å². The standard InChI is InChI=1S/C7H8BClO2.CH2O/c1-5-2-3-6(8(10)11)4-7(5)9;1-2/h2-4,10-11H,1H3;1H2. The quantitative estimate of drug-likeness (QED) is 0.634. The Morgan fingerprint density at radius 2 is 1.92 bits per heavy atom. The molecule has 0 spiro atoms. The maximum absolute atomic E-state index is 8.74. The zero-order valence-electron chi connectivity index (χ0n) is 7.20. The third-order valence-corrected chi connectivity index (χ3v) is 1.90. The van der Waals surface area contributed by atoms with Crippen LogP contribution in [-0.4, -0.2) is 24.0 Å². The molecule has 0 aromatic heterocycles. The highest BCUT2D eigenvalue weighted by Gasteiger charge is 2.10. The lowest BCUT2D eigenvalue weighted by atomic mass is 9.80. The van der Waals surface area contributed by atoms with Crippen LogP contribution in [0.15, 0.2) is 18.2 Å². The van der Waals surface area contributed by atoms with Gasteiger partial charge in [-0.15, -0.1) is 0 Å².